The number of morpholine rings is 1. The van der Waals surface area contributed by atoms with E-state index < -0.39 is 0 Å². The lowest BCUT2D eigenvalue weighted by atomic mass is 10.0. The van der Waals surface area contributed by atoms with Gasteiger partial charge in [-0.2, -0.15) is 0 Å². The second-order valence-electron chi connectivity index (χ2n) is 5.07. The molecular weight excluding hydrogens is 198 g/mol. The first-order chi connectivity index (χ1) is 7.83. The van der Waals surface area contributed by atoms with Crippen LogP contribution < -0.4 is 5.32 Å². The zero-order chi connectivity index (χ0) is 11.0. The number of ether oxygens (including phenoxy) is 1. The largest absolute Gasteiger partial charge is 0.367 e. The zero-order valence-electron chi connectivity index (χ0n) is 9.78. The van der Waals surface area contributed by atoms with E-state index in [9.17, 15) is 0 Å². The molecule has 1 aromatic rings. The van der Waals surface area contributed by atoms with Crippen LogP contribution in [0.1, 0.15) is 30.1 Å². The van der Waals surface area contributed by atoms with Gasteiger partial charge in [0.2, 0.25) is 0 Å². The second-order valence-corrected chi connectivity index (χ2v) is 5.07. The molecule has 1 saturated carbocycles. The molecule has 0 aromatic heterocycles. The molecule has 2 fully saturated rings. The Bertz CT molecular complexity index is 356. The van der Waals surface area contributed by atoms with E-state index in [1.165, 1.54) is 24.0 Å². The lowest BCUT2D eigenvalue weighted by molar-refractivity contribution is -0.0493. The summed E-state index contributed by atoms with van der Waals surface area (Å²) in [6.07, 6.45) is 3.40. The zero-order valence-corrected chi connectivity index (χ0v) is 9.78. The summed E-state index contributed by atoms with van der Waals surface area (Å²) in [5.74, 6) is 0.820. The summed E-state index contributed by atoms with van der Waals surface area (Å²) >= 11 is 0. The SMILES string of the molecule is Cc1ccc(C2CNCC(C3CC3)O2)cc1. The van der Waals surface area contributed by atoms with Gasteiger partial charge in [0.25, 0.3) is 0 Å². The quantitative estimate of drug-likeness (QED) is 0.821. The maximum absolute atomic E-state index is 6.17. The van der Waals surface area contributed by atoms with Crippen molar-refractivity contribution in [2.24, 2.45) is 5.92 Å². The van der Waals surface area contributed by atoms with Gasteiger partial charge < -0.3 is 10.1 Å². The van der Waals surface area contributed by atoms with Gasteiger partial charge in [0.05, 0.1) is 12.2 Å². The van der Waals surface area contributed by atoms with Crippen LogP contribution in [0.15, 0.2) is 24.3 Å². The van der Waals surface area contributed by atoms with Crippen LogP contribution in [-0.2, 0) is 4.74 Å². The average molecular weight is 217 g/mol. The van der Waals surface area contributed by atoms with Crippen LogP contribution in [0.3, 0.4) is 0 Å². The Hall–Kier alpha value is -0.860. The van der Waals surface area contributed by atoms with Gasteiger partial charge in [-0.15, -0.1) is 0 Å². The Kier molecular flexibility index (Phi) is 2.70. The van der Waals surface area contributed by atoms with Gasteiger partial charge in [0.1, 0.15) is 0 Å². The van der Waals surface area contributed by atoms with Crippen molar-refractivity contribution in [3.8, 4) is 0 Å². The van der Waals surface area contributed by atoms with E-state index >= 15 is 0 Å². The summed E-state index contributed by atoms with van der Waals surface area (Å²) in [7, 11) is 0. The standard InChI is InChI=1S/C14H19NO/c1-10-2-4-11(5-3-10)13-8-15-9-14(16-13)12-6-7-12/h2-5,12-15H,6-9H2,1H3. The van der Waals surface area contributed by atoms with Crippen molar-refractivity contribution in [3.63, 3.8) is 0 Å². The Balaban J connectivity index is 1.71. The molecule has 1 heterocycles. The van der Waals surface area contributed by atoms with Crippen molar-refractivity contribution in [2.45, 2.75) is 32.0 Å². The summed E-state index contributed by atoms with van der Waals surface area (Å²) in [6.45, 7) is 4.11. The van der Waals surface area contributed by atoms with E-state index in [2.05, 4.69) is 36.5 Å². The van der Waals surface area contributed by atoms with E-state index in [1.807, 2.05) is 0 Å². The van der Waals surface area contributed by atoms with Crippen molar-refractivity contribution >= 4 is 0 Å². The molecule has 86 valence electrons. The van der Waals surface area contributed by atoms with Crippen LogP contribution in [0.2, 0.25) is 0 Å². The van der Waals surface area contributed by atoms with Gasteiger partial charge in [-0.05, 0) is 31.2 Å². The Morgan fingerprint density at radius 1 is 1.12 bits per heavy atom. The number of rotatable bonds is 2. The molecule has 2 atom stereocenters. The molecule has 0 radical (unpaired) electrons. The molecule has 2 heteroatoms. The van der Waals surface area contributed by atoms with Crippen LogP contribution in [0.25, 0.3) is 0 Å². The topological polar surface area (TPSA) is 21.3 Å². The maximum atomic E-state index is 6.17. The molecular formula is C14H19NO. The Labute approximate surface area is 97.0 Å². The third kappa shape index (κ3) is 2.13. The number of benzene rings is 1. The molecule has 16 heavy (non-hydrogen) atoms. The Morgan fingerprint density at radius 2 is 1.88 bits per heavy atom. The smallest absolute Gasteiger partial charge is 0.0953 e. The van der Waals surface area contributed by atoms with Crippen molar-refractivity contribution in [1.29, 1.82) is 0 Å². The van der Waals surface area contributed by atoms with Gasteiger partial charge in [-0.3, -0.25) is 0 Å². The fourth-order valence-electron chi connectivity index (χ4n) is 2.39. The highest BCUT2D eigenvalue weighted by Gasteiger charge is 2.35. The van der Waals surface area contributed by atoms with Gasteiger partial charge in [-0.25, -0.2) is 0 Å². The first kappa shape index (κ1) is 10.3. The minimum Gasteiger partial charge on any atom is -0.367 e. The first-order valence-electron chi connectivity index (χ1n) is 6.25. The summed E-state index contributed by atoms with van der Waals surface area (Å²) in [4.78, 5) is 0. The summed E-state index contributed by atoms with van der Waals surface area (Å²) < 4.78 is 6.17. The summed E-state index contributed by atoms with van der Waals surface area (Å²) in [5, 5.41) is 3.49. The molecule has 1 saturated heterocycles. The molecule has 1 aromatic carbocycles. The highest BCUT2D eigenvalue weighted by atomic mass is 16.5. The highest BCUT2D eigenvalue weighted by molar-refractivity contribution is 5.23. The van der Waals surface area contributed by atoms with Gasteiger partial charge >= 0.3 is 0 Å². The maximum Gasteiger partial charge on any atom is 0.0953 e. The van der Waals surface area contributed by atoms with Crippen molar-refractivity contribution < 1.29 is 4.74 Å². The van der Waals surface area contributed by atoms with Crippen molar-refractivity contribution in [3.05, 3.63) is 35.4 Å². The lowest BCUT2D eigenvalue weighted by Crippen LogP contribution is -2.41. The fourth-order valence-corrected chi connectivity index (χ4v) is 2.39. The minimum atomic E-state index is 0.250. The predicted octanol–water partition coefficient (Wildman–Crippen LogP) is 2.43. The van der Waals surface area contributed by atoms with Crippen LogP contribution in [0.5, 0.6) is 0 Å². The van der Waals surface area contributed by atoms with Crippen LogP contribution in [0.4, 0.5) is 0 Å². The lowest BCUT2D eigenvalue weighted by Gasteiger charge is -2.31. The molecule has 0 spiro atoms. The predicted molar refractivity (Wildman–Crippen MR) is 64.4 cm³/mol. The molecule has 0 bridgehead atoms. The normalized spacial score (nSPS) is 30.3. The highest BCUT2D eigenvalue weighted by Crippen LogP contribution is 2.37. The molecule has 1 aliphatic carbocycles. The summed E-state index contributed by atoms with van der Waals surface area (Å²) in [6, 6.07) is 8.72. The van der Waals surface area contributed by atoms with Crippen molar-refractivity contribution in [2.75, 3.05) is 13.1 Å². The number of aryl methyl sites for hydroxylation is 1. The second kappa shape index (κ2) is 4.19. The van der Waals surface area contributed by atoms with Crippen molar-refractivity contribution in [1.82, 2.24) is 5.32 Å². The number of nitrogens with one attached hydrogen (secondary N) is 1. The fraction of sp³-hybridized carbons (Fsp3) is 0.571. The number of hydrogen-bond donors (Lipinski definition) is 1. The molecule has 1 aliphatic heterocycles. The molecule has 1 N–H and O–H groups in total. The van der Waals surface area contributed by atoms with Gasteiger partial charge in [0.15, 0.2) is 0 Å². The first-order valence-corrected chi connectivity index (χ1v) is 6.25. The monoisotopic (exact) mass is 217 g/mol. The Morgan fingerprint density at radius 3 is 2.56 bits per heavy atom. The van der Waals surface area contributed by atoms with E-state index in [0.717, 1.165) is 19.0 Å². The molecule has 3 rings (SSSR count). The van der Waals surface area contributed by atoms with E-state index in [-0.39, 0.29) is 6.10 Å². The van der Waals surface area contributed by atoms with Crippen LogP contribution >= 0.6 is 0 Å². The number of hydrogen-bond acceptors (Lipinski definition) is 2. The van der Waals surface area contributed by atoms with Crippen LogP contribution in [-0.4, -0.2) is 19.2 Å². The third-order valence-corrected chi connectivity index (χ3v) is 3.61. The third-order valence-electron chi connectivity index (χ3n) is 3.61. The molecule has 0 amide bonds. The van der Waals surface area contributed by atoms with E-state index in [0.29, 0.717) is 6.10 Å². The minimum absolute atomic E-state index is 0.250. The van der Waals surface area contributed by atoms with Gasteiger partial charge in [0, 0.05) is 13.1 Å². The average Bonchev–Trinajstić information content (AvgIpc) is 3.14. The van der Waals surface area contributed by atoms with E-state index in [4.69, 9.17) is 4.74 Å². The van der Waals surface area contributed by atoms with Crippen LogP contribution in [0, 0.1) is 12.8 Å². The molecule has 2 unspecified atom stereocenters. The van der Waals surface area contributed by atoms with E-state index in [1.54, 1.807) is 0 Å². The molecule has 2 nitrogen and oxygen atoms in total. The summed E-state index contributed by atoms with van der Waals surface area (Å²) in [5.41, 5.74) is 2.62. The molecule has 2 aliphatic rings. The van der Waals surface area contributed by atoms with Gasteiger partial charge in [-0.1, -0.05) is 29.8 Å².